The summed E-state index contributed by atoms with van der Waals surface area (Å²) in [6.45, 7) is 5.87. The van der Waals surface area contributed by atoms with E-state index >= 15 is 0 Å². The zero-order valence-corrected chi connectivity index (χ0v) is 14.8. The van der Waals surface area contributed by atoms with Crippen LogP contribution in [-0.2, 0) is 6.42 Å². The van der Waals surface area contributed by atoms with Gasteiger partial charge in [-0.25, -0.2) is 9.97 Å². The quantitative estimate of drug-likeness (QED) is 0.607. The van der Waals surface area contributed by atoms with Crippen molar-refractivity contribution in [1.29, 1.82) is 0 Å². The Hall–Kier alpha value is -3.42. The van der Waals surface area contributed by atoms with Crippen LogP contribution in [0.25, 0.3) is 17.2 Å². The van der Waals surface area contributed by atoms with Gasteiger partial charge in [0.15, 0.2) is 0 Å². The molecule has 8 heteroatoms. The zero-order chi connectivity index (χ0) is 18.1. The maximum atomic E-state index is 4.57. The Labute approximate surface area is 150 Å². The van der Waals surface area contributed by atoms with Crippen molar-refractivity contribution in [1.82, 2.24) is 34.8 Å². The van der Waals surface area contributed by atoms with Crippen LogP contribution in [0.4, 0.5) is 11.6 Å². The lowest BCUT2D eigenvalue weighted by molar-refractivity contribution is 0.841. The van der Waals surface area contributed by atoms with Crippen LogP contribution >= 0.6 is 0 Å². The Bertz CT molecular complexity index is 1070. The molecule has 0 aliphatic carbocycles. The van der Waals surface area contributed by atoms with Crippen molar-refractivity contribution in [2.45, 2.75) is 27.2 Å². The van der Waals surface area contributed by atoms with Crippen molar-refractivity contribution in [3.63, 3.8) is 0 Å². The Morgan fingerprint density at radius 3 is 2.58 bits per heavy atom. The molecule has 0 atom stereocenters. The van der Waals surface area contributed by atoms with Crippen LogP contribution in [-0.4, -0.2) is 34.8 Å². The first kappa shape index (κ1) is 16.1. The van der Waals surface area contributed by atoms with Gasteiger partial charge < -0.3 is 5.32 Å². The first-order chi connectivity index (χ1) is 12.6. The summed E-state index contributed by atoms with van der Waals surface area (Å²) in [4.78, 5) is 13.1. The Morgan fingerprint density at radius 1 is 1.00 bits per heavy atom. The molecule has 0 spiro atoms. The molecule has 8 nitrogen and oxygen atoms in total. The first-order valence-electron chi connectivity index (χ1n) is 8.40. The highest BCUT2D eigenvalue weighted by Crippen LogP contribution is 2.21. The largest absolute Gasteiger partial charge is 0.324 e. The molecule has 0 radical (unpaired) electrons. The van der Waals surface area contributed by atoms with E-state index in [9.17, 15) is 0 Å². The molecule has 0 unspecified atom stereocenters. The number of hydrogen-bond donors (Lipinski definition) is 1. The molecule has 1 aromatic carbocycles. The molecule has 0 fully saturated rings. The number of nitrogens with zero attached hydrogens (tertiary/aromatic N) is 7. The first-order valence-corrected chi connectivity index (χ1v) is 8.40. The van der Waals surface area contributed by atoms with Gasteiger partial charge in [-0.2, -0.15) is 9.50 Å². The topological polar surface area (TPSA) is 93.8 Å². The molecule has 130 valence electrons. The maximum Gasteiger partial charge on any atom is 0.272 e. The fourth-order valence-electron chi connectivity index (χ4n) is 2.70. The standard InChI is InChI=1S/C18H18N8/c1-4-13-5-7-14(8-6-13)21-17-19-10-9-15(22-17)16-11(2)26-18(24-23-16)20-12(3)25-26/h5-10H,4H2,1-3H3,(H,19,21,22). The number of anilines is 2. The van der Waals surface area contributed by atoms with E-state index in [1.807, 2.05) is 26.0 Å². The van der Waals surface area contributed by atoms with Crippen LogP contribution in [0.3, 0.4) is 0 Å². The van der Waals surface area contributed by atoms with E-state index in [-0.39, 0.29) is 0 Å². The highest BCUT2D eigenvalue weighted by atomic mass is 15.4. The molecule has 4 rings (SSSR count). The molecule has 0 bridgehead atoms. The second kappa shape index (κ2) is 6.47. The molecule has 0 saturated heterocycles. The minimum absolute atomic E-state index is 0.479. The number of fused-ring (bicyclic) bond motifs is 1. The van der Waals surface area contributed by atoms with Crippen LogP contribution in [0.2, 0.25) is 0 Å². The summed E-state index contributed by atoms with van der Waals surface area (Å²) in [5.41, 5.74) is 4.37. The van der Waals surface area contributed by atoms with Crippen molar-refractivity contribution < 1.29 is 0 Å². The summed E-state index contributed by atoms with van der Waals surface area (Å²) >= 11 is 0. The van der Waals surface area contributed by atoms with E-state index in [0.29, 0.717) is 28.9 Å². The average molecular weight is 346 g/mol. The average Bonchev–Trinajstić information content (AvgIpc) is 3.04. The molecular weight excluding hydrogens is 328 g/mol. The SMILES string of the molecule is CCc1ccc(Nc2nccc(-c3nnc4nc(C)nn4c3C)n2)cc1. The Morgan fingerprint density at radius 2 is 1.81 bits per heavy atom. The molecule has 0 aliphatic rings. The molecule has 26 heavy (non-hydrogen) atoms. The van der Waals surface area contributed by atoms with Crippen LogP contribution in [0.1, 0.15) is 24.0 Å². The van der Waals surface area contributed by atoms with Gasteiger partial charge in [0.05, 0.1) is 11.4 Å². The number of nitrogens with one attached hydrogen (secondary N) is 1. The molecule has 0 amide bonds. The van der Waals surface area contributed by atoms with Crippen molar-refractivity contribution in [2.75, 3.05) is 5.32 Å². The number of rotatable bonds is 4. The Balaban J connectivity index is 1.68. The minimum atomic E-state index is 0.479. The van der Waals surface area contributed by atoms with Crippen molar-refractivity contribution in [2.24, 2.45) is 0 Å². The van der Waals surface area contributed by atoms with Gasteiger partial charge in [0.2, 0.25) is 5.95 Å². The summed E-state index contributed by atoms with van der Waals surface area (Å²) in [7, 11) is 0. The third-order valence-corrected chi connectivity index (χ3v) is 4.11. The number of aryl methyl sites for hydroxylation is 3. The van der Waals surface area contributed by atoms with Gasteiger partial charge >= 0.3 is 0 Å². The highest BCUT2D eigenvalue weighted by Gasteiger charge is 2.13. The highest BCUT2D eigenvalue weighted by molar-refractivity contribution is 5.61. The van der Waals surface area contributed by atoms with Crippen molar-refractivity contribution >= 4 is 17.4 Å². The lowest BCUT2D eigenvalue weighted by atomic mass is 10.1. The number of benzene rings is 1. The summed E-state index contributed by atoms with van der Waals surface area (Å²) < 4.78 is 1.68. The van der Waals surface area contributed by atoms with E-state index in [4.69, 9.17) is 0 Å². The molecular formula is C18H18N8. The summed E-state index contributed by atoms with van der Waals surface area (Å²) in [5, 5.41) is 16.0. The lowest BCUT2D eigenvalue weighted by Crippen LogP contribution is -2.05. The van der Waals surface area contributed by atoms with E-state index < -0.39 is 0 Å². The fraction of sp³-hybridized carbons (Fsp3) is 0.222. The molecule has 1 N–H and O–H groups in total. The fourth-order valence-corrected chi connectivity index (χ4v) is 2.70. The van der Waals surface area contributed by atoms with Gasteiger partial charge in [-0.05, 0) is 44.0 Å². The normalized spacial score (nSPS) is 11.0. The molecule has 4 aromatic rings. The van der Waals surface area contributed by atoms with Crippen molar-refractivity contribution in [3.05, 3.63) is 53.6 Å². The zero-order valence-electron chi connectivity index (χ0n) is 14.8. The lowest BCUT2D eigenvalue weighted by Gasteiger charge is -2.08. The van der Waals surface area contributed by atoms with Gasteiger partial charge in [-0.3, -0.25) is 0 Å². The van der Waals surface area contributed by atoms with Crippen molar-refractivity contribution in [3.8, 4) is 11.4 Å². The number of aromatic nitrogens is 7. The van der Waals surface area contributed by atoms with E-state index in [1.54, 1.807) is 16.8 Å². The van der Waals surface area contributed by atoms with E-state index in [1.165, 1.54) is 5.56 Å². The third kappa shape index (κ3) is 2.97. The van der Waals surface area contributed by atoms with E-state index in [2.05, 4.69) is 54.6 Å². The van der Waals surface area contributed by atoms with Crippen LogP contribution in [0.5, 0.6) is 0 Å². The predicted octanol–water partition coefficient (Wildman–Crippen LogP) is 2.90. The molecule has 0 aliphatic heterocycles. The number of hydrogen-bond acceptors (Lipinski definition) is 7. The second-order valence-electron chi connectivity index (χ2n) is 5.95. The van der Waals surface area contributed by atoms with E-state index in [0.717, 1.165) is 17.8 Å². The van der Waals surface area contributed by atoms with Gasteiger partial charge in [0, 0.05) is 11.9 Å². The predicted molar refractivity (Wildman–Crippen MR) is 98.2 cm³/mol. The third-order valence-electron chi connectivity index (χ3n) is 4.11. The van der Waals surface area contributed by atoms with Crippen LogP contribution in [0.15, 0.2) is 36.5 Å². The van der Waals surface area contributed by atoms with Crippen LogP contribution in [0, 0.1) is 13.8 Å². The molecule has 0 saturated carbocycles. The maximum absolute atomic E-state index is 4.57. The summed E-state index contributed by atoms with van der Waals surface area (Å²) in [6.07, 6.45) is 2.71. The minimum Gasteiger partial charge on any atom is -0.324 e. The van der Waals surface area contributed by atoms with Gasteiger partial charge in [0.1, 0.15) is 11.5 Å². The Kier molecular flexibility index (Phi) is 4.00. The van der Waals surface area contributed by atoms with Gasteiger partial charge in [-0.15, -0.1) is 15.3 Å². The molecule has 3 heterocycles. The summed E-state index contributed by atoms with van der Waals surface area (Å²) in [5.74, 6) is 1.63. The second-order valence-corrected chi connectivity index (χ2v) is 5.95. The van der Waals surface area contributed by atoms with Gasteiger partial charge in [-0.1, -0.05) is 19.1 Å². The van der Waals surface area contributed by atoms with Gasteiger partial charge in [0.25, 0.3) is 5.78 Å². The van der Waals surface area contributed by atoms with Crippen LogP contribution < -0.4 is 5.32 Å². The monoisotopic (exact) mass is 346 g/mol. The smallest absolute Gasteiger partial charge is 0.272 e. The summed E-state index contributed by atoms with van der Waals surface area (Å²) in [6, 6.07) is 10.0. The molecule has 3 aromatic heterocycles.